The fourth-order valence-electron chi connectivity index (χ4n) is 2.83. The molecule has 2 nitrogen and oxygen atoms in total. The number of aryl methyl sites for hydroxylation is 2. The number of nitrogens with zero attached hydrogens (tertiary/aromatic N) is 1. The van der Waals surface area contributed by atoms with Crippen molar-refractivity contribution in [1.29, 1.82) is 0 Å². The molecule has 1 heterocycles. The summed E-state index contributed by atoms with van der Waals surface area (Å²) in [6, 6.07) is 4.34. The van der Waals surface area contributed by atoms with Gasteiger partial charge in [0.1, 0.15) is 0 Å². The molecule has 0 amide bonds. The molecule has 2 N–H and O–H groups in total. The Morgan fingerprint density at radius 2 is 1.71 bits per heavy atom. The molecule has 1 aliphatic rings. The van der Waals surface area contributed by atoms with Gasteiger partial charge in [-0.15, -0.1) is 0 Å². The van der Waals surface area contributed by atoms with Crippen LogP contribution in [-0.4, -0.2) is 13.1 Å². The van der Waals surface area contributed by atoms with Crippen LogP contribution in [0.1, 0.15) is 37.8 Å². The summed E-state index contributed by atoms with van der Waals surface area (Å²) in [4.78, 5) is 2.47. The second kappa shape index (κ2) is 4.25. The van der Waals surface area contributed by atoms with Gasteiger partial charge in [-0.3, -0.25) is 0 Å². The number of anilines is 2. The average molecular weight is 232 g/mol. The molecule has 1 fully saturated rings. The average Bonchev–Trinajstić information content (AvgIpc) is 2.25. The van der Waals surface area contributed by atoms with Gasteiger partial charge in [-0.25, -0.2) is 0 Å². The van der Waals surface area contributed by atoms with Crippen LogP contribution in [0.5, 0.6) is 0 Å². The molecular weight excluding hydrogens is 208 g/mol. The third-order valence-electron chi connectivity index (χ3n) is 4.48. The maximum Gasteiger partial charge on any atom is 0.0417 e. The summed E-state index contributed by atoms with van der Waals surface area (Å²) in [7, 11) is 0. The van der Waals surface area contributed by atoms with Crippen LogP contribution in [0, 0.1) is 19.3 Å². The summed E-state index contributed by atoms with van der Waals surface area (Å²) in [5.74, 6) is 0. The van der Waals surface area contributed by atoms with Crippen molar-refractivity contribution >= 4 is 11.4 Å². The molecule has 0 unspecified atom stereocenters. The van der Waals surface area contributed by atoms with Crippen molar-refractivity contribution in [3.63, 3.8) is 0 Å². The summed E-state index contributed by atoms with van der Waals surface area (Å²) in [6.45, 7) is 11.2. The molecule has 0 spiro atoms. The van der Waals surface area contributed by atoms with Gasteiger partial charge in [0.05, 0.1) is 0 Å². The van der Waals surface area contributed by atoms with Gasteiger partial charge in [-0.2, -0.15) is 0 Å². The van der Waals surface area contributed by atoms with Crippen LogP contribution >= 0.6 is 0 Å². The molecule has 1 aliphatic heterocycles. The van der Waals surface area contributed by atoms with Gasteiger partial charge in [-0.05, 0) is 43.9 Å². The highest BCUT2D eigenvalue weighted by molar-refractivity contribution is 5.65. The first-order valence-corrected chi connectivity index (χ1v) is 6.63. The monoisotopic (exact) mass is 232 g/mol. The minimum Gasteiger partial charge on any atom is -0.398 e. The first-order valence-electron chi connectivity index (χ1n) is 6.63. The van der Waals surface area contributed by atoms with Crippen LogP contribution in [0.2, 0.25) is 0 Å². The van der Waals surface area contributed by atoms with E-state index in [4.69, 9.17) is 5.73 Å². The molecule has 17 heavy (non-hydrogen) atoms. The Kier molecular flexibility index (Phi) is 3.07. The standard InChI is InChI=1S/C15H24N2/c1-5-15(6-2)9-17(10-15)14-8-13(16)11(3)7-12(14)4/h7-8H,5-6,9-10,16H2,1-4H3. The van der Waals surface area contributed by atoms with Crippen molar-refractivity contribution in [2.45, 2.75) is 40.5 Å². The Balaban J connectivity index is 2.19. The van der Waals surface area contributed by atoms with Gasteiger partial charge >= 0.3 is 0 Å². The number of nitrogens with two attached hydrogens (primary N) is 1. The van der Waals surface area contributed by atoms with Crippen LogP contribution < -0.4 is 10.6 Å². The van der Waals surface area contributed by atoms with Gasteiger partial charge in [-0.1, -0.05) is 19.9 Å². The number of nitrogen functional groups attached to an aromatic ring is 1. The van der Waals surface area contributed by atoms with Gasteiger partial charge in [0.2, 0.25) is 0 Å². The predicted molar refractivity (Wildman–Crippen MR) is 75.6 cm³/mol. The van der Waals surface area contributed by atoms with E-state index >= 15 is 0 Å². The van der Waals surface area contributed by atoms with E-state index in [0.29, 0.717) is 5.41 Å². The molecule has 1 saturated heterocycles. The maximum absolute atomic E-state index is 6.01. The molecule has 0 saturated carbocycles. The van der Waals surface area contributed by atoms with Crippen molar-refractivity contribution in [2.75, 3.05) is 23.7 Å². The smallest absolute Gasteiger partial charge is 0.0417 e. The Bertz CT molecular complexity index is 411. The van der Waals surface area contributed by atoms with Crippen LogP contribution in [0.3, 0.4) is 0 Å². The Morgan fingerprint density at radius 3 is 2.24 bits per heavy atom. The first kappa shape index (κ1) is 12.3. The van der Waals surface area contributed by atoms with E-state index in [9.17, 15) is 0 Å². The fraction of sp³-hybridized carbons (Fsp3) is 0.600. The number of hydrogen-bond donors (Lipinski definition) is 1. The molecular formula is C15H24N2. The van der Waals surface area contributed by atoms with Crippen molar-refractivity contribution < 1.29 is 0 Å². The molecule has 1 aromatic rings. The lowest BCUT2D eigenvalue weighted by Gasteiger charge is -2.51. The molecule has 0 radical (unpaired) electrons. The van der Waals surface area contributed by atoms with E-state index < -0.39 is 0 Å². The molecule has 0 atom stereocenters. The number of hydrogen-bond acceptors (Lipinski definition) is 2. The molecule has 2 rings (SSSR count). The SMILES string of the molecule is CCC1(CC)CN(c2cc(N)c(C)cc2C)C1. The predicted octanol–water partition coefficient (Wildman–Crippen LogP) is 3.51. The van der Waals surface area contributed by atoms with Crippen LogP contribution in [0.25, 0.3) is 0 Å². The zero-order chi connectivity index (χ0) is 12.6. The second-order valence-electron chi connectivity index (χ2n) is 5.56. The van der Waals surface area contributed by atoms with E-state index in [2.05, 4.69) is 44.7 Å². The van der Waals surface area contributed by atoms with E-state index in [-0.39, 0.29) is 0 Å². The molecule has 94 valence electrons. The Hall–Kier alpha value is -1.18. The van der Waals surface area contributed by atoms with Gasteiger partial charge in [0.15, 0.2) is 0 Å². The highest BCUT2D eigenvalue weighted by atomic mass is 15.2. The van der Waals surface area contributed by atoms with Crippen LogP contribution in [0.15, 0.2) is 12.1 Å². The zero-order valence-electron chi connectivity index (χ0n) is 11.5. The summed E-state index contributed by atoms with van der Waals surface area (Å²) < 4.78 is 0. The van der Waals surface area contributed by atoms with Crippen molar-refractivity contribution in [3.8, 4) is 0 Å². The van der Waals surface area contributed by atoms with E-state index in [1.54, 1.807) is 0 Å². The topological polar surface area (TPSA) is 29.3 Å². The lowest BCUT2D eigenvalue weighted by Crippen LogP contribution is -2.56. The fourth-order valence-corrected chi connectivity index (χ4v) is 2.83. The van der Waals surface area contributed by atoms with Crippen LogP contribution in [-0.2, 0) is 0 Å². The molecule has 2 heteroatoms. The molecule has 0 bridgehead atoms. The molecule has 1 aromatic carbocycles. The van der Waals surface area contributed by atoms with E-state index in [1.807, 2.05) is 0 Å². The molecule has 0 aromatic heterocycles. The highest BCUT2D eigenvalue weighted by Gasteiger charge is 2.40. The Morgan fingerprint density at radius 1 is 1.12 bits per heavy atom. The number of benzene rings is 1. The maximum atomic E-state index is 6.01. The van der Waals surface area contributed by atoms with Crippen molar-refractivity contribution in [2.24, 2.45) is 5.41 Å². The minimum absolute atomic E-state index is 0.548. The summed E-state index contributed by atoms with van der Waals surface area (Å²) in [5, 5.41) is 0. The third-order valence-corrected chi connectivity index (χ3v) is 4.48. The van der Waals surface area contributed by atoms with Crippen molar-refractivity contribution in [3.05, 3.63) is 23.3 Å². The highest BCUT2D eigenvalue weighted by Crippen LogP contribution is 2.41. The van der Waals surface area contributed by atoms with Crippen molar-refractivity contribution in [1.82, 2.24) is 0 Å². The lowest BCUT2D eigenvalue weighted by molar-refractivity contribution is 0.194. The van der Waals surface area contributed by atoms with E-state index in [0.717, 1.165) is 5.69 Å². The molecule has 0 aliphatic carbocycles. The Labute approximate surface area is 105 Å². The normalized spacial score (nSPS) is 18.0. The van der Waals surface area contributed by atoms with Gasteiger partial charge in [0, 0.05) is 29.9 Å². The van der Waals surface area contributed by atoms with E-state index in [1.165, 1.54) is 42.7 Å². The summed E-state index contributed by atoms with van der Waals surface area (Å²) in [5.41, 5.74) is 11.3. The largest absolute Gasteiger partial charge is 0.398 e. The summed E-state index contributed by atoms with van der Waals surface area (Å²) >= 11 is 0. The first-order chi connectivity index (χ1) is 8.01. The number of rotatable bonds is 3. The zero-order valence-corrected chi connectivity index (χ0v) is 11.5. The summed E-state index contributed by atoms with van der Waals surface area (Å²) in [6.07, 6.45) is 2.56. The van der Waals surface area contributed by atoms with Crippen LogP contribution in [0.4, 0.5) is 11.4 Å². The van der Waals surface area contributed by atoms with Gasteiger partial charge in [0.25, 0.3) is 0 Å². The quantitative estimate of drug-likeness (QED) is 0.808. The third kappa shape index (κ3) is 2.01. The minimum atomic E-state index is 0.548. The van der Waals surface area contributed by atoms with Gasteiger partial charge < -0.3 is 10.6 Å². The lowest BCUT2D eigenvalue weighted by atomic mass is 9.74. The second-order valence-corrected chi connectivity index (χ2v) is 5.56.